The number of aromatic nitrogens is 2. The number of carbonyl (C=O) groups excluding carboxylic acids is 1. The molecule has 1 atom stereocenters. The Kier molecular flexibility index (Phi) is 2.84. The average molecular weight is 234 g/mol. The second-order valence-corrected chi connectivity index (χ2v) is 4.99. The standard InChI is InChI=1S/C12H18N4O/c17-12(14-7-9-2-1-5-13-9)11-6-10(15-16-11)8-3-4-8/h6,8-9,13H,1-5,7H2,(H,14,17)(H,15,16). The predicted molar refractivity (Wildman–Crippen MR) is 63.9 cm³/mol. The molecule has 2 fully saturated rings. The Morgan fingerprint density at radius 1 is 1.47 bits per heavy atom. The summed E-state index contributed by atoms with van der Waals surface area (Å²) < 4.78 is 0. The Bertz CT molecular complexity index is 404. The number of carbonyl (C=O) groups is 1. The first kappa shape index (κ1) is 10.8. The van der Waals surface area contributed by atoms with Gasteiger partial charge in [0.2, 0.25) is 0 Å². The van der Waals surface area contributed by atoms with E-state index in [9.17, 15) is 4.79 Å². The molecule has 0 spiro atoms. The van der Waals surface area contributed by atoms with Crippen LogP contribution in [0.2, 0.25) is 0 Å². The minimum absolute atomic E-state index is 0.0677. The molecule has 17 heavy (non-hydrogen) atoms. The highest BCUT2D eigenvalue weighted by Crippen LogP contribution is 2.38. The molecule has 92 valence electrons. The van der Waals surface area contributed by atoms with Gasteiger partial charge in [-0.2, -0.15) is 5.10 Å². The van der Waals surface area contributed by atoms with Gasteiger partial charge in [0.25, 0.3) is 5.91 Å². The third kappa shape index (κ3) is 2.49. The predicted octanol–water partition coefficient (Wildman–Crippen LogP) is 0.769. The maximum absolute atomic E-state index is 11.8. The quantitative estimate of drug-likeness (QED) is 0.720. The minimum atomic E-state index is -0.0677. The molecule has 5 nitrogen and oxygen atoms in total. The fourth-order valence-electron chi connectivity index (χ4n) is 2.29. The van der Waals surface area contributed by atoms with Crippen molar-refractivity contribution < 1.29 is 4.79 Å². The van der Waals surface area contributed by atoms with Crippen LogP contribution >= 0.6 is 0 Å². The third-order valence-electron chi connectivity index (χ3n) is 3.52. The molecule has 1 saturated carbocycles. The van der Waals surface area contributed by atoms with Gasteiger partial charge in [-0.1, -0.05) is 0 Å². The molecule has 1 aliphatic carbocycles. The topological polar surface area (TPSA) is 69.8 Å². The van der Waals surface area contributed by atoms with Crippen LogP contribution in [0.3, 0.4) is 0 Å². The fraction of sp³-hybridized carbons (Fsp3) is 0.667. The van der Waals surface area contributed by atoms with Gasteiger partial charge in [-0.3, -0.25) is 9.89 Å². The van der Waals surface area contributed by atoms with Crippen molar-refractivity contribution in [3.05, 3.63) is 17.5 Å². The Morgan fingerprint density at radius 3 is 3.06 bits per heavy atom. The molecule has 1 aliphatic heterocycles. The Labute approximate surface area is 100 Å². The van der Waals surface area contributed by atoms with E-state index in [-0.39, 0.29) is 5.91 Å². The van der Waals surface area contributed by atoms with E-state index in [2.05, 4.69) is 20.8 Å². The van der Waals surface area contributed by atoms with Crippen molar-refractivity contribution in [1.29, 1.82) is 0 Å². The molecule has 0 bridgehead atoms. The van der Waals surface area contributed by atoms with E-state index in [1.165, 1.54) is 19.3 Å². The van der Waals surface area contributed by atoms with Gasteiger partial charge in [0.05, 0.1) is 0 Å². The van der Waals surface area contributed by atoms with Crippen LogP contribution in [0.15, 0.2) is 6.07 Å². The number of amides is 1. The summed E-state index contributed by atoms with van der Waals surface area (Å²) in [6.45, 7) is 1.76. The van der Waals surface area contributed by atoms with Crippen molar-refractivity contribution in [2.24, 2.45) is 0 Å². The Balaban J connectivity index is 1.53. The zero-order chi connectivity index (χ0) is 11.7. The number of aromatic amines is 1. The lowest BCUT2D eigenvalue weighted by atomic mass is 10.2. The highest BCUT2D eigenvalue weighted by Gasteiger charge is 2.26. The number of hydrogen-bond acceptors (Lipinski definition) is 3. The summed E-state index contributed by atoms with van der Waals surface area (Å²) in [5.74, 6) is 0.544. The second-order valence-electron chi connectivity index (χ2n) is 4.99. The first-order chi connectivity index (χ1) is 8.33. The van der Waals surface area contributed by atoms with Crippen LogP contribution in [0.5, 0.6) is 0 Å². The maximum Gasteiger partial charge on any atom is 0.271 e. The number of rotatable bonds is 4. The Morgan fingerprint density at radius 2 is 2.35 bits per heavy atom. The zero-order valence-corrected chi connectivity index (χ0v) is 9.83. The van der Waals surface area contributed by atoms with E-state index in [1.54, 1.807) is 0 Å². The van der Waals surface area contributed by atoms with Crippen LogP contribution in [0.25, 0.3) is 0 Å². The molecule has 2 heterocycles. The van der Waals surface area contributed by atoms with Gasteiger partial charge in [0, 0.05) is 24.2 Å². The van der Waals surface area contributed by atoms with Crippen LogP contribution in [0.4, 0.5) is 0 Å². The van der Waals surface area contributed by atoms with Crippen molar-refractivity contribution in [2.45, 2.75) is 37.6 Å². The van der Waals surface area contributed by atoms with Crippen molar-refractivity contribution in [3.63, 3.8) is 0 Å². The molecule has 1 saturated heterocycles. The van der Waals surface area contributed by atoms with Gasteiger partial charge in [0.15, 0.2) is 0 Å². The van der Waals surface area contributed by atoms with Crippen molar-refractivity contribution in [1.82, 2.24) is 20.8 Å². The van der Waals surface area contributed by atoms with E-state index >= 15 is 0 Å². The highest BCUT2D eigenvalue weighted by molar-refractivity contribution is 5.92. The first-order valence-electron chi connectivity index (χ1n) is 6.40. The lowest BCUT2D eigenvalue weighted by Crippen LogP contribution is -2.37. The van der Waals surface area contributed by atoms with E-state index in [4.69, 9.17) is 0 Å². The normalized spacial score (nSPS) is 23.9. The van der Waals surface area contributed by atoms with Crippen molar-refractivity contribution in [3.8, 4) is 0 Å². The molecule has 5 heteroatoms. The summed E-state index contributed by atoms with van der Waals surface area (Å²) in [6, 6.07) is 2.32. The van der Waals surface area contributed by atoms with E-state index in [0.717, 1.165) is 18.7 Å². The summed E-state index contributed by atoms with van der Waals surface area (Å²) in [6.07, 6.45) is 4.79. The van der Waals surface area contributed by atoms with Crippen LogP contribution in [0, 0.1) is 0 Å². The molecule has 1 amide bonds. The second kappa shape index (κ2) is 4.49. The summed E-state index contributed by atoms with van der Waals surface area (Å²) in [5.41, 5.74) is 1.62. The van der Waals surface area contributed by atoms with Gasteiger partial charge in [0.1, 0.15) is 5.69 Å². The number of H-pyrrole nitrogens is 1. The number of nitrogens with one attached hydrogen (secondary N) is 3. The fourth-order valence-corrected chi connectivity index (χ4v) is 2.29. The molecular formula is C12H18N4O. The summed E-state index contributed by atoms with van der Waals surface area (Å²) >= 11 is 0. The summed E-state index contributed by atoms with van der Waals surface area (Å²) in [5, 5.41) is 13.3. The van der Waals surface area contributed by atoms with E-state index in [1.807, 2.05) is 6.07 Å². The monoisotopic (exact) mass is 234 g/mol. The third-order valence-corrected chi connectivity index (χ3v) is 3.52. The van der Waals surface area contributed by atoms with Gasteiger partial charge < -0.3 is 10.6 Å². The van der Waals surface area contributed by atoms with Crippen molar-refractivity contribution in [2.75, 3.05) is 13.1 Å². The Hall–Kier alpha value is -1.36. The lowest BCUT2D eigenvalue weighted by Gasteiger charge is -2.10. The average Bonchev–Trinajstić information content (AvgIpc) is 2.88. The molecule has 0 radical (unpaired) electrons. The van der Waals surface area contributed by atoms with E-state index < -0.39 is 0 Å². The van der Waals surface area contributed by atoms with Gasteiger partial charge in [-0.05, 0) is 38.3 Å². The molecule has 0 aromatic carbocycles. The van der Waals surface area contributed by atoms with Crippen molar-refractivity contribution >= 4 is 5.91 Å². The summed E-state index contributed by atoms with van der Waals surface area (Å²) in [4.78, 5) is 11.8. The molecule has 3 rings (SSSR count). The minimum Gasteiger partial charge on any atom is -0.349 e. The molecule has 1 unspecified atom stereocenters. The number of nitrogens with zero attached hydrogens (tertiary/aromatic N) is 1. The van der Waals surface area contributed by atoms with Gasteiger partial charge in [-0.25, -0.2) is 0 Å². The molecule has 2 aliphatic rings. The largest absolute Gasteiger partial charge is 0.349 e. The van der Waals surface area contributed by atoms with Crippen LogP contribution in [-0.4, -0.2) is 35.2 Å². The molecular weight excluding hydrogens is 216 g/mol. The van der Waals surface area contributed by atoms with Gasteiger partial charge in [-0.15, -0.1) is 0 Å². The molecule has 1 aromatic heterocycles. The molecule has 1 aromatic rings. The van der Waals surface area contributed by atoms with Crippen LogP contribution < -0.4 is 10.6 Å². The summed E-state index contributed by atoms with van der Waals surface area (Å²) in [7, 11) is 0. The first-order valence-corrected chi connectivity index (χ1v) is 6.40. The van der Waals surface area contributed by atoms with Gasteiger partial charge >= 0.3 is 0 Å². The molecule has 3 N–H and O–H groups in total. The zero-order valence-electron chi connectivity index (χ0n) is 9.83. The number of hydrogen-bond donors (Lipinski definition) is 3. The lowest BCUT2D eigenvalue weighted by molar-refractivity contribution is 0.0945. The van der Waals surface area contributed by atoms with Crippen LogP contribution in [0.1, 0.15) is 47.8 Å². The maximum atomic E-state index is 11.8. The SMILES string of the molecule is O=C(NCC1CCCN1)c1cc(C2CC2)[nH]n1. The van der Waals surface area contributed by atoms with Crippen LogP contribution in [-0.2, 0) is 0 Å². The highest BCUT2D eigenvalue weighted by atomic mass is 16.1. The smallest absolute Gasteiger partial charge is 0.271 e. The van der Waals surface area contributed by atoms with E-state index in [0.29, 0.717) is 24.2 Å².